The van der Waals surface area contributed by atoms with Gasteiger partial charge >= 0.3 is 6.03 Å². The normalized spacial score (nSPS) is 19.5. The highest BCUT2D eigenvalue weighted by molar-refractivity contribution is 6.08. The van der Waals surface area contributed by atoms with Crippen molar-refractivity contribution in [1.82, 2.24) is 10.2 Å². The molecular weight excluding hydrogens is 415 g/mol. The highest BCUT2D eigenvalue weighted by Gasteiger charge is 2.33. The highest BCUT2D eigenvalue weighted by Crippen LogP contribution is 2.28. The van der Waals surface area contributed by atoms with E-state index >= 15 is 0 Å². The molecule has 2 aliphatic rings. The van der Waals surface area contributed by atoms with Gasteiger partial charge in [-0.15, -0.1) is 0 Å². The number of hydrogen-bond donors (Lipinski definition) is 3. The van der Waals surface area contributed by atoms with E-state index in [1.54, 1.807) is 0 Å². The summed E-state index contributed by atoms with van der Waals surface area (Å²) in [5.41, 5.74) is 0.0323. The quantitative estimate of drug-likeness (QED) is 0.527. The number of halogens is 1. The molecular formula is C23H35FN4O4. The number of nitrogens with one attached hydrogen (secondary N) is 2. The highest BCUT2D eigenvalue weighted by atomic mass is 19.1. The van der Waals surface area contributed by atoms with Crippen LogP contribution in [0.2, 0.25) is 0 Å². The molecule has 1 aromatic rings. The van der Waals surface area contributed by atoms with E-state index in [1.807, 2.05) is 13.8 Å². The maximum atomic E-state index is 13.8. The molecule has 2 saturated heterocycles. The summed E-state index contributed by atoms with van der Waals surface area (Å²) >= 11 is 0. The molecule has 32 heavy (non-hydrogen) atoms. The predicted octanol–water partition coefficient (Wildman–Crippen LogP) is 2.57. The Morgan fingerprint density at radius 3 is 2.66 bits per heavy atom. The third-order valence-electron chi connectivity index (χ3n) is 6.18. The van der Waals surface area contributed by atoms with E-state index in [9.17, 15) is 19.1 Å². The van der Waals surface area contributed by atoms with Crippen molar-refractivity contribution in [2.45, 2.75) is 51.2 Å². The fraction of sp³-hybridized carbons (Fsp3) is 0.652. The minimum atomic E-state index is -0.670. The summed E-state index contributed by atoms with van der Waals surface area (Å²) in [7, 11) is 0. The zero-order valence-corrected chi connectivity index (χ0v) is 19.0. The number of ether oxygens (including phenoxy) is 1. The van der Waals surface area contributed by atoms with Crippen LogP contribution in [0, 0.1) is 11.7 Å². The van der Waals surface area contributed by atoms with Crippen LogP contribution < -0.4 is 15.5 Å². The van der Waals surface area contributed by atoms with Crippen LogP contribution in [0.15, 0.2) is 18.2 Å². The third-order valence-corrected chi connectivity index (χ3v) is 6.18. The number of carbonyl (C=O) groups excluding carboxylic acids is 2. The number of β-amino-alcohol motifs (C(OH)–C–C–N with tert-alkyl or cyclic N) is 1. The maximum Gasteiger partial charge on any atom is 0.328 e. The molecule has 178 valence electrons. The molecule has 9 heteroatoms. The lowest BCUT2D eigenvalue weighted by atomic mass is 9.91. The summed E-state index contributed by atoms with van der Waals surface area (Å²) in [6, 6.07) is 3.48. The molecule has 1 aromatic carbocycles. The number of likely N-dealkylation sites (tertiary alicyclic amines) is 1. The molecule has 0 saturated carbocycles. The summed E-state index contributed by atoms with van der Waals surface area (Å²) in [6.07, 6.45) is 3.53. The minimum absolute atomic E-state index is 0.0557. The molecule has 0 unspecified atom stereocenters. The second-order valence-electron chi connectivity index (χ2n) is 9.18. The molecule has 3 amide bonds. The Bertz CT molecular complexity index is 777. The summed E-state index contributed by atoms with van der Waals surface area (Å²) in [5, 5.41) is 16.7. The monoisotopic (exact) mass is 450 g/mol. The number of aliphatic hydroxyl groups is 1. The number of hydrogen-bond acceptors (Lipinski definition) is 6. The van der Waals surface area contributed by atoms with Gasteiger partial charge in [0.15, 0.2) is 0 Å². The first-order valence-electron chi connectivity index (χ1n) is 11.4. The molecule has 2 heterocycles. The van der Waals surface area contributed by atoms with Crippen molar-refractivity contribution in [2.24, 2.45) is 5.92 Å². The zero-order chi connectivity index (χ0) is 23.1. The number of imide groups is 1. The van der Waals surface area contributed by atoms with Gasteiger partial charge in [0, 0.05) is 51.3 Å². The molecule has 0 atom stereocenters. The van der Waals surface area contributed by atoms with Gasteiger partial charge in [0.05, 0.1) is 17.0 Å². The van der Waals surface area contributed by atoms with Crippen LogP contribution in [0.1, 0.15) is 39.5 Å². The van der Waals surface area contributed by atoms with Gasteiger partial charge in [-0.2, -0.15) is 0 Å². The topological polar surface area (TPSA) is 94.1 Å². The Labute approximate surface area is 189 Å². The van der Waals surface area contributed by atoms with Gasteiger partial charge in [-0.3, -0.25) is 4.79 Å². The number of benzene rings is 1. The molecule has 0 bridgehead atoms. The Morgan fingerprint density at radius 2 is 2.03 bits per heavy atom. The van der Waals surface area contributed by atoms with Crippen LogP contribution >= 0.6 is 0 Å². The van der Waals surface area contributed by atoms with Crippen LogP contribution in [0.3, 0.4) is 0 Å². The number of nitrogens with zero attached hydrogens (tertiary/aromatic N) is 2. The van der Waals surface area contributed by atoms with E-state index < -0.39 is 17.4 Å². The van der Waals surface area contributed by atoms with Crippen molar-refractivity contribution >= 4 is 23.8 Å². The van der Waals surface area contributed by atoms with E-state index in [1.165, 1.54) is 18.2 Å². The smallest absolute Gasteiger partial charge is 0.328 e. The maximum absolute atomic E-state index is 13.8. The molecule has 0 aromatic heterocycles. The number of anilines is 2. The average molecular weight is 451 g/mol. The lowest BCUT2D eigenvalue weighted by molar-refractivity contribution is -0.106. The number of urea groups is 1. The van der Waals surface area contributed by atoms with Gasteiger partial charge in [-0.25, -0.2) is 14.1 Å². The summed E-state index contributed by atoms with van der Waals surface area (Å²) < 4.78 is 19.2. The van der Waals surface area contributed by atoms with E-state index in [-0.39, 0.29) is 17.6 Å². The van der Waals surface area contributed by atoms with E-state index in [0.29, 0.717) is 51.2 Å². The molecule has 0 aliphatic carbocycles. The second-order valence-corrected chi connectivity index (χ2v) is 9.18. The van der Waals surface area contributed by atoms with E-state index in [0.717, 1.165) is 30.8 Å². The van der Waals surface area contributed by atoms with Crippen LogP contribution in [-0.2, 0) is 9.53 Å². The lowest BCUT2D eigenvalue weighted by Crippen LogP contribution is -2.50. The Kier molecular flexibility index (Phi) is 8.44. The standard InChI is InChI=1S/C23H35FN4O4/c1-17(2)26-20-4-3-19(24)13-21(20)28(16-29)22(30)25-14-18-5-9-27(10-6-18)15-23(31)7-11-32-12-8-23/h3-4,13,16-18,26,31H,5-12,14-15H2,1-2H3,(H,25,30). The Morgan fingerprint density at radius 1 is 1.34 bits per heavy atom. The fourth-order valence-corrected chi connectivity index (χ4v) is 4.34. The van der Waals surface area contributed by atoms with Gasteiger partial charge in [-0.05, 0) is 57.8 Å². The molecule has 2 aliphatic heterocycles. The zero-order valence-electron chi connectivity index (χ0n) is 19.0. The van der Waals surface area contributed by atoms with Crippen molar-refractivity contribution < 1.29 is 23.8 Å². The van der Waals surface area contributed by atoms with Gasteiger partial charge in [0.1, 0.15) is 5.82 Å². The van der Waals surface area contributed by atoms with Gasteiger partial charge in [-0.1, -0.05) is 0 Å². The number of rotatable bonds is 8. The third kappa shape index (κ3) is 6.63. The van der Waals surface area contributed by atoms with Crippen LogP contribution in [-0.4, -0.2) is 73.5 Å². The number of amides is 3. The fourth-order valence-electron chi connectivity index (χ4n) is 4.34. The summed E-state index contributed by atoms with van der Waals surface area (Å²) in [5.74, 6) is -0.235. The second kappa shape index (κ2) is 11.1. The first-order valence-corrected chi connectivity index (χ1v) is 11.4. The number of carbonyl (C=O) groups is 2. The van der Waals surface area contributed by atoms with Crippen LogP contribution in [0.5, 0.6) is 0 Å². The molecule has 8 nitrogen and oxygen atoms in total. The average Bonchev–Trinajstić information content (AvgIpc) is 2.75. The van der Waals surface area contributed by atoms with E-state index in [2.05, 4.69) is 15.5 Å². The first-order chi connectivity index (χ1) is 15.3. The first kappa shape index (κ1) is 24.4. The number of piperidine rings is 1. The Balaban J connectivity index is 1.51. The summed E-state index contributed by atoms with van der Waals surface area (Å²) in [6.45, 7) is 7.85. The predicted molar refractivity (Wildman–Crippen MR) is 121 cm³/mol. The minimum Gasteiger partial charge on any atom is -0.388 e. The van der Waals surface area contributed by atoms with Crippen molar-refractivity contribution in [3.63, 3.8) is 0 Å². The molecule has 0 radical (unpaired) electrons. The van der Waals surface area contributed by atoms with Gasteiger partial charge in [0.2, 0.25) is 6.41 Å². The molecule has 0 spiro atoms. The Hall–Kier alpha value is -2.23. The molecule has 2 fully saturated rings. The largest absolute Gasteiger partial charge is 0.388 e. The van der Waals surface area contributed by atoms with Gasteiger partial charge < -0.3 is 25.4 Å². The molecule has 3 rings (SSSR count). The lowest BCUT2D eigenvalue weighted by Gasteiger charge is -2.40. The van der Waals surface area contributed by atoms with Crippen molar-refractivity contribution in [1.29, 1.82) is 0 Å². The summed E-state index contributed by atoms with van der Waals surface area (Å²) in [4.78, 5) is 27.6. The van der Waals surface area contributed by atoms with Crippen molar-refractivity contribution in [3.05, 3.63) is 24.0 Å². The van der Waals surface area contributed by atoms with Gasteiger partial charge in [0.25, 0.3) is 0 Å². The van der Waals surface area contributed by atoms with E-state index in [4.69, 9.17) is 4.74 Å². The van der Waals surface area contributed by atoms with Crippen molar-refractivity contribution in [2.75, 3.05) is 49.6 Å². The van der Waals surface area contributed by atoms with Crippen LogP contribution in [0.25, 0.3) is 0 Å². The van der Waals surface area contributed by atoms with Crippen LogP contribution in [0.4, 0.5) is 20.6 Å². The van der Waals surface area contributed by atoms with Crippen molar-refractivity contribution in [3.8, 4) is 0 Å². The SMILES string of the molecule is CC(C)Nc1ccc(F)cc1N(C=O)C(=O)NCC1CCN(CC2(O)CCOCC2)CC1. The molecule has 3 N–H and O–H groups in total.